The zero-order valence-corrected chi connectivity index (χ0v) is 20.2. The van der Waals surface area contributed by atoms with Crippen LogP contribution in [-0.2, 0) is 0 Å². The van der Waals surface area contributed by atoms with E-state index in [2.05, 4.69) is 25.9 Å². The highest BCUT2D eigenvalue weighted by Crippen LogP contribution is 2.25. The Balaban J connectivity index is 1.44. The molecule has 178 valence electrons. The van der Waals surface area contributed by atoms with E-state index < -0.39 is 0 Å². The average Bonchev–Trinajstić information content (AvgIpc) is 2.85. The van der Waals surface area contributed by atoms with Crippen molar-refractivity contribution >= 4 is 46.3 Å². The zero-order valence-electron chi connectivity index (χ0n) is 19.4. The van der Waals surface area contributed by atoms with Crippen molar-refractivity contribution in [3.05, 3.63) is 89.1 Å². The second kappa shape index (κ2) is 10.8. The molecule has 0 bridgehead atoms. The molecule has 8 nitrogen and oxygen atoms in total. The van der Waals surface area contributed by atoms with Gasteiger partial charge in [-0.1, -0.05) is 11.6 Å². The van der Waals surface area contributed by atoms with Crippen LogP contribution in [0.4, 0.5) is 28.8 Å². The van der Waals surface area contributed by atoms with Crippen molar-refractivity contribution in [1.29, 1.82) is 0 Å². The van der Waals surface area contributed by atoms with Crippen LogP contribution in [0.25, 0.3) is 0 Å². The van der Waals surface area contributed by atoms with E-state index in [1.807, 2.05) is 49.4 Å². The average molecular weight is 490 g/mol. The molecule has 4 aromatic rings. The molecule has 9 heteroatoms. The fourth-order valence-corrected chi connectivity index (χ4v) is 3.50. The van der Waals surface area contributed by atoms with Gasteiger partial charge in [0.2, 0.25) is 5.95 Å². The number of hydrogen-bond donors (Lipinski definition) is 3. The first kappa shape index (κ1) is 23.8. The number of methoxy groups -OCH3 is 2. The number of hydrogen-bond acceptors (Lipinski definition) is 7. The minimum absolute atomic E-state index is 0.318. The number of nitrogens with zero attached hydrogens (tertiary/aromatic N) is 2. The molecule has 0 unspecified atom stereocenters. The molecule has 3 aromatic carbocycles. The third kappa shape index (κ3) is 6.18. The number of aryl methyl sites for hydroxylation is 1. The third-order valence-electron chi connectivity index (χ3n) is 5.02. The van der Waals surface area contributed by atoms with Crippen LogP contribution >= 0.6 is 11.6 Å². The Bertz CT molecular complexity index is 1330. The number of rotatable bonds is 8. The Morgan fingerprint density at radius 3 is 2.14 bits per heavy atom. The SMILES string of the molecule is COc1ccc(Nc2cc(C)nc(Nc3ccc(NC(=O)c4cc(Cl)ccc4OC)cc3)n2)cc1. The van der Waals surface area contributed by atoms with Gasteiger partial charge in [-0.3, -0.25) is 4.79 Å². The molecular formula is C26H24ClN5O3. The van der Waals surface area contributed by atoms with Crippen molar-refractivity contribution in [1.82, 2.24) is 9.97 Å². The van der Waals surface area contributed by atoms with Gasteiger partial charge in [-0.2, -0.15) is 4.98 Å². The predicted molar refractivity (Wildman–Crippen MR) is 139 cm³/mol. The van der Waals surface area contributed by atoms with Crippen molar-refractivity contribution in [2.75, 3.05) is 30.2 Å². The summed E-state index contributed by atoms with van der Waals surface area (Å²) in [6.45, 7) is 1.90. The lowest BCUT2D eigenvalue weighted by atomic mass is 10.1. The molecule has 0 aliphatic carbocycles. The summed E-state index contributed by atoms with van der Waals surface area (Å²) in [6, 6.07) is 21.5. The Morgan fingerprint density at radius 2 is 1.46 bits per heavy atom. The van der Waals surface area contributed by atoms with E-state index in [0.29, 0.717) is 33.8 Å². The number of aromatic nitrogens is 2. The van der Waals surface area contributed by atoms with Crippen molar-refractivity contribution < 1.29 is 14.3 Å². The minimum Gasteiger partial charge on any atom is -0.497 e. The van der Waals surface area contributed by atoms with Crippen LogP contribution in [0.3, 0.4) is 0 Å². The summed E-state index contributed by atoms with van der Waals surface area (Å²) in [5.41, 5.74) is 3.43. The largest absolute Gasteiger partial charge is 0.497 e. The van der Waals surface area contributed by atoms with Crippen LogP contribution in [0.2, 0.25) is 5.02 Å². The molecule has 1 amide bonds. The normalized spacial score (nSPS) is 10.4. The fourth-order valence-electron chi connectivity index (χ4n) is 3.33. The molecule has 0 saturated carbocycles. The van der Waals surface area contributed by atoms with Gasteiger partial charge in [0.1, 0.15) is 17.3 Å². The van der Waals surface area contributed by atoms with Crippen molar-refractivity contribution in [2.45, 2.75) is 6.92 Å². The number of amides is 1. The van der Waals surface area contributed by atoms with Gasteiger partial charge >= 0.3 is 0 Å². The number of nitrogens with one attached hydrogen (secondary N) is 3. The second-order valence-corrected chi connectivity index (χ2v) is 8.01. The van der Waals surface area contributed by atoms with E-state index in [1.165, 1.54) is 7.11 Å². The second-order valence-electron chi connectivity index (χ2n) is 7.57. The summed E-state index contributed by atoms with van der Waals surface area (Å²) in [5, 5.41) is 9.77. The lowest BCUT2D eigenvalue weighted by Gasteiger charge is -2.12. The minimum atomic E-state index is -0.318. The lowest BCUT2D eigenvalue weighted by Crippen LogP contribution is -2.13. The Hall–Kier alpha value is -4.30. The molecular weight excluding hydrogens is 466 g/mol. The molecule has 35 heavy (non-hydrogen) atoms. The molecule has 1 aromatic heterocycles. The third-order valence-corrected chi connectivity index (χ3v) is 5.26. The van der Waals surface area contributed by atoms with Gasteiger partial charge in [-0.15, -0.1) is 0 Å². The molecule has 0 fully saturated rings. The molecule has 0 saturated heterocycles. The Labute approximate surface area is 208 Å². The van der Waals surface area contributed by atoms with Gasteiger partial charge < -0.3 is 25.4 Å². The molecule has 0 spiro atoms. The fraction of sp³-hybridized carbons (Fsp3) is 0.115. The lowest BCUT2D eigenvalue weighted by molar-refractivity contribution is 0.102. The Kier molecular flexibility index (Phi) is 7.32. The van der Waals surface area contributed by atoms with E-state index in [1.54, 1.807) is 37.4 Å². The van der Waals surface area contributed by atoms with E-state index >= 15 is 0 Å². The van der Waals surface area contributed by atoms with Crippen LogP contribution < -0.4 is 25.4 Å². The maximum Gasteiger partial charge on any atom is 0.259 e. The van der Waals surface area contributed by atoms with Gasteiger partial charge in [0.05, 0.1) is 19.8 Å². The molecule has 0 radical (unpaired) electrons. The first-order valence-electron chi connectivity index (χ1n) is 10.7. The van der Waals surface area contributed by atoms with Crippen LogP contribution in [0.15, 0.2) is 72.8 Å². The quantitative estimate of drug-likeness (QED) is 0.271. The van der Waals surface area contributed by atoms with Gasteiger partial charge in [-0.05, 0) is 73.7 Å². The highest BCUT2D eigenvalue weighted by atomic mass is 35.5. The molecule has 0 aliphatic heterocycles. The highest BCUT2D eigenvalue weighted by Gasteiger charge is 2.13. The monoisotopic (exact) mass is 489 g/mol. The molecule has 3 N–H and O–H groups in total. The first-order chi connectivity index (χ1) is 16.9. The van der Waals surface area contributed by atoms with Gasteiger partial charge in [0.15, 0.2) is 0 Å². The van der Waals surface area contributed by atoms with Crippen molar-refractivity contribution in [2.24, 2.45) is 0 Å². The first-order valence-corrected chi connectivity index (χ1v) is 11.1. The summed E-state index contributed by atoms with van der Waals surface area (Å²) in [6.07, 6.45) is 0. The van der Waals surface area contributed by atoms with E-state index in [0.717, 1.165) is 22.8 Å². The van der Waals surface area contributed by atoms with Gasteiger partial charge in [0, 0.05) is 33.8 Å². The molecule has 4 rings (SSSR count). The van der Waals surface area contributed by atoms with E-state index in [-0.39, 0.29) is 5.91 Å². The topological polar surface area (TPSA) is 97.4 Å². The predicted octanol–water partition coefficient (Wildman–Crippen LogP) is 6.20. The highest BCUT2D eigenvalue weighted by molar-refractivity contribution is 6.31. The van der Waals surface area contributed by atoms with E-state index in [9.17, 15) is 4.79 Å². The van der Waals surface area contributed by atoms with Crippen LogP contribution in [0, 0.1) is 6.92 Å². The van der Waals surface area contributed by atoms with Gasteiger partial charge in [0.25, 0.3) is 5.91 Å². The van der Waals surface area contributed by atoms with Crippen LogP contribution in [0.5, 0.6) is 11.5 Å². The molecule has 1 heterocycles. The Morgan fingerprint density at radius 1 is 0.800 bits per heavy atom. The van der Waals surface area contributed by atoms with Crippen LogP contribution in [-0.4, -0.2) is 30.1 Å². The zero-order chi connectivity index (χ0) is 24.8. The maximum atomic E-state index is 12.7. The number of anilines is 5. The van der Waals surface area contributed by atoms with Gasteiger partial charge in [-0.25, -0.2) is 4.98 Å². The smallest absolute Gasteiger partial charge is 0.259 e. The maximum absolute atomic E-state index is 12.7. The van der Waals surface area contributed by atoms with Crippen molar-refractivity contribution in [3.8, 4) is 11.5 Å². The van der Waals surface area contributed by atoms with Crippen molar-refractivity contribution in [3.63, 3.8) is 0 Å². The summed E-state index contributed by atoms with van der Waals surface area (Å²) >= 11 is 6.03. The summed E-state index contributed by atoms with van der Waals surface area (Å²) in [7, 11) is 3.14. The number of carbonyl (C=O) groups is 1. The number of benzene rings is 3. The van der Waals surface area contributed by atoms with Crippen LogP contribution in [0.1, 0.15) is 16.1 Å². The summed E-state index contributed by atoms with van der Waals surface area (Å²) < 4.78 is 10.5. The number of carbonyl (C=O) groups excluding carboxylic acids is 1. The molecule has 0 aliphatic rings. The standard InChI is InChI=1S/C26H24ClN5O3/c1-16-14-24(29-18-9-11-21(34-2)12-10-18)32-26(28-16)31-20-7-5-19(6-8-20)30-25(33)22-15-17(27)4-13-23(22)35-3/h4-15H,1-3H3,(H,30,33)(H2,28,29,31,32). The van der Waals surface area contributed by atoms with E-state index in [4.69, 9.17) is 21.1 Å². The molecule has 0 atom stereocenters. The number of halogens is 1. The summed E-state index contributed by atoms with van der Waals surface area (Å²) in [5.74, 6) is 2.01. The number of ether oxygens (including phenoxy) is 2. The summed E-state index contributed by atoms with van der Waals surface area (Å²) in [4.78, 5) is 21.7.